The van der Waals surface area contributed by atoms with Gasteiger partial charge in [-0.05, 0) is 24.6 Å². The Bertz CT molecular complexity index is 417. The smallest absolute Gasteiger partial charge is 0.130 e. The molecule has 1 aromatic rings. The Hall–Kier alpha value is -1.26. The van der Waals surface area contributed by atoms with Gasteiger partial charge >= 0.3 is 0 Å². The molecule has 0 saturated carbocycles. The number of nitrogens with two attached hydrogens (primary N) is 1. The maximum atomic E-state index is 7.48. The van der Waals surface area contributed by atoms with Gasteiger partial charge in [0.05, 0.1) is 18.8 Å². The molecule has 1 heterocycles. The molecule has 1 aliphatic heterocycles. The molecule has 1 aromatic carbocycles. The minimum Gasteiger partial charge on any atom is -0.492 e. The van der Waals surface area contributed by atoms with E-state index >= 15 is 0 Å². The van der Waals surface area contributed by atoms with Crippen molar-refractivity contribution in [1.82, 2.24) is 0 Å². The SMILES string of the molecule is N=C(N)c1cc(Cl)ccc1OCC1CCOC1. The van der Waals surface area contributed by atoms with Crippen LogP contribution in [0.25, 0.3) is 0 Å². The molecule has 4 nitrogen and oxygen atoms in total. The Morgan fingerprint density at radius 2 is 2.41 bits per heavy atom. The molecule has 0 radical (unpaired) electrons. The topological polar surface area (TPSA) is 68.3 Å². The van der Waals surface area contributed by atoms with Crippen molar-refractivity contribution in [2.45, 2.75) is 6.42 Å². The predicted octanol–water partition coefficient (Wildman–Crippen LogP) is 2.04. The number of nitrogens with one attached hydrogen (secondary N) is 1. The highest BCUT2D eigenvalue weighted by molar-refractivity contribution is 6.31. The van der Waals surface area contributed by atoms with Crippen LogP contribution in [0.4, 0.5) is 0 Å². The van der Waals surface area contributed by atoms with Gasteiger partial charge in [0.15, 0.2) is 0 Å². The lowest BCUT2D eigenvalue weighted by atomic mass is 10.1. The fraction of sp³-hybridized carbons (Fsp3) is 0.417. The predicted molar refractivity (Wildman–Crippen MR) is 66.9 cm³/mol. The van der Waals surface area contributed by atoms with Crippen molar-refractivity contribution in [2.24, 2.45) is 11.7 Å². The van der Waals surface area contributed by atoms with Gasteiger partial charge in [0.1, 0.15) is 11.6 Å². The summed E-state index contributed by atoms with van der Waals surface area (Å²) in [6.45, 7) is 2.12. The first-order valence-electron chi connectivity index (χ1n) is 5.51. The van der Waals surface area contributed by atoms with Gasteiger partial charge in [0.2, 0.25) is 0 Å². The standard InChI is InChI=1S/C12H15ClN2O2/c13-9-1-2-11(10(5-9)12(14)15)17-7-8-3-4-16-6-8/h1-2,5,8H,3-4,6-7H2,(H3,14,15). The third-order valence-electron chi connectivity index (χ3n) is 2.73. The van der Waals surface area contributed by atoms with Crippen molar-refractivity contribution in [2.75, 3.05) is 19.8 Å². The molecule has 0 aliphatic carbocycles. The Balaban J connectivity index is 2.06. The summed E-state index contributed by atoms with van der Waals surface area (Å²) in [5.74, 6) is 0.990. The molecular formula is C12H15ClN2O2. The van der Waals surface area contributed by atoms with Gasteiger partial charge in [-0.15, -0.1) is 0 Å². The molecule has 0 spiro atoms. The van der Waals surface area contributed by atoms with Crippen LogP contribution in [0.3, 0.4) is 0 Å². The molecule has 1 saturated heterocycles. The minimum absolute atomic E-state index is 0.0369. The molecule has 1 aliphatic rings. The van der Waals surface area contributed by atoms with Gasteiger partial charge in [-0.2, -0.15) is 0 Å². The van der Waals surface area contributed by atoms with E-state index in [1.54, 1.807) is 18.2 Å². The van der Waals surface area contributed by atoms with E-state index in [9.17, 15) is 0 Å². The van der Waals surface area contributed by atoms with Gasteiger partial charge in [-0.25, -0.2) is 0 Å². The lowest BCUT2D eigenvalue weighted by Crippen LogP contribution is -2.16. The van der Waals surface area contributed by atoms with Crippen LogP contribution in [-0.4, -0.2) is 25.7 Å². The largest absolute Gasteiger partial charge is 0.492 e. The summed E-state index contributed by atoms with van der Waals surface area (Å²) in [6.07, 6.45) is 1.02. The molecule has 1 atom stereocenters. The zero-order chi connectivity index (χ0) is 12.3. The monoisotopic (exact) mass is 254 g/mol. The number of hydrogen-bond donors (Lipinski definition) is 2. The second kappa shape index (κ2) is 5.38. The number of amidine groups is 1. The summed E-state index contributed by atoms with van der Waals surface area (Å²) in [5.41, 5.74) is 6.03. The summed E-state index contributed by atoms with van der Waals surface area (Å²) in [4.78, 5) is 0. The molecule has 0 amide bonds. The van der Waals surface area contributed by atoms with Crippen molar-refractivity contribution in [3.63, 3.8) is 0 Å². The van der Waals surface area contributed by atoms with Crippen LogP contribution in [0.2, 0.25) is 5.02 Å². The summed E-state index contributed by atoms with van der Waals surface area (Å²) in [5, 5.41) is 8.02. The number of ether oxygens (including phenoxy) is 2. The number of halogens is 1. The van der Waals surface area contributed by atoms with Crippen LogP contribution in [0.15, 0.2) is 18.2 Å². The van der Waals surface area contributed by atoms with E-state index in [2.05, 4.69) is 0 Å². The zero-order valence-corrected chi connectivity index (χ0v) is 10.2. The summed E-state index contributed by atoms with van der Waals surface area (Å²) in [7, 11) is 0. The average molecular weight is 255 g/mol. The molecule has 5 heteroatoms. The van der Waals surface area contributed by atoms with Crippen LogP contribution >= 0.6 is 11.6 Å². The van der Waals surface area contributed by atoms with E-state index in [0.29, 0.717) is 28.9 Å². The van der Waals surface area contributed by atoms with E-state index in [0.717, 1.165) is 19.6 Å². The highest BCUT2D eigenvalue weighted by Crippen LogP contribution is 2.24. The molecular weight excluding hydrogens is 240 g/mol. The maximum Gasteiger partial charge on any atom is 0.130 e. The van der Waals surface area contributed by atoms with E-state index < -0.39 is 0 Å². The second-order valence-electron chi connectivity index (χ2n) is 4.09. The van der Waals surface area contributed by atoms with Gasteiger partial charge in [-0.1, -0.05) is 11.6 Å². The summed E-state index contributed by atoms with van der Waals surface area (Å²) < 4.78 is 11.0. The van der Waals surface area contributed by atoms with E-state index in [1.807, 2.05) is 0 Å². The van der Waals surface area contributed by atoms with Crippen LogP contribution in [-0.2, 0) is 4.74 Å². The van der Waals surface area contributed by atoms with Crippen LogP contribution in [0, 0.1) is 11.3 Å². The lowest BCUT2D eigenvalue weighted by Gasteiger charge is -2.13. The van der Waals surface area contributed by atoms with Gasteiger partial charge in [0, 0.05) is 17.5 Å². The van der Waals surface area contributed by atoms with Crippen molar-refractivity contribution in [3.8, 4) is 5.75 Å². The number of hydrogen-bond acceptors (Lipinski definition) is 3. The second-order valence-corrected chi connectivity index (χ2v) is 4.53. The molecule has 1 unspecified atom stereocenters. The first-order valence-corrected chi connectivity index (χ1v) is 5.89. The van der Waals surface area contributed by atoms with Crippen molar-refractivity contribution in [1.29, 1.82) is 5.41 Å². The fourth-order valence-electron chi connectivity index (χ4n) is 1.76. The van der Waals surface area contributed by atoms with E-state index in [-0.39, 0.29) is 5.84 Å². The van der Waals surface area contributed by atoms with Gasteiger partial charge in [0.25, 0.3) is 0 Å². The molecule has 3 N–H and O–H groups in total. The van der Waals surface area contributed by atoms with Gasteiger partial charge in [-0.3, -0.25) is 5.41 Å². The molecule has 92 valence electrons. The number of nitrogen functional groups attached to an aromatic ring is 1. The Kier molecular flexibility index (Phi) is 3.86. The Morgan fingerprint density at radius 3 is 3.06 bits per heavy atom. The third-order valence-corrected chi connectivity index (χ3v) is 2.97. The zero-order valence-electron chi connectivity index (χ0n) is 9.41. The maximum absolute atomic E-state index is 7.48. The third kappa shape index (κ3) is 3.11. The molecule has 2 rings (SSSR count). The quantitative estimate of drug-likeness (QED) is 0.638. The van der Waals surface area contributed by atoms with Crippen LogP contribution in [0.1, 0.15) is 12.0 Å². The van der Waals surface area contributed by atoms with E-state index in [4.69, 9.17) is 32.2 Å². The van der Waals surface area contributed by atoms with Crippen LogP contribution in [0.5, 0.6) is 5.75 Å². The first-order chi connectivity index (χ1) is 8.16. The Labute approximate surface area is 105 Å². The summed E-state index contributed by atoms with van der Waals surface area (Å²) in [6, 6.07) is 5.12. The Morgan fingerprint density at radius 1 is 1.59 bits per heavy atom. The molecule has 0 bridgehead atoms. The highest BCUT2D eigenvalue weighted by atomic mass is 35.5. The van der Waals surface area contributed by atoms with Crippen molar-refractivity contribution >= 4 is 17.4 Å². The number of benzene rings is 1. The minimum atomic E-state index is -0.0369. The van der Waals surface area contributed by atoms with Gasteiger partial charge < -0.3 is 15.2 Å². The summed E-state index contributed by atoms with van der Waals surface area (Å²) >= 11 is 5.86. The first kappa shape index (κ1) is 12.2. The fourth-order valence-corrected chi connectivity index (χ4v) is 1.93. The van der Waals surface area contributed by atoms with E-state index in [1.165, 1.54) is 0 Å². The van der Waals surface area contributed by atoms with Crippen molar-refractivity contribution < 1.29 is 9.47 Å². The molecule has 17 heavy (non-hydrogen) atoms. The van der Waals surface area contributed by atoms with Crippen molar-refractivity contribution in [3.05, 3.63) is 28.8 Å². The average Bonchev–Trinajstić information content (AvgIpc) is 2.80. The molecule has 1 fully saturated rings. The lowest BCUT2D eigenvalue weighted by molar-refractivity contribution is 0.167. The highest BCUT2D eigenvalue weighted by Gasteiger charge is 2.17. The normalized spacial score (nSPS) is 19.2. The van der Waals surface area contributed by atoms with Crippen LogP contribution < -0.4 is 10.5 Å². The molecule has 0 aromatic heterocycles. The number of rotatable bonds is 4.